The van der Waals surface area contributed by atoms with E-state index < -0.39 is 36.2 Å². The molecule has 0 atom stereocenters. The van der Waals surface area contributed by atoms with E-state index in [1.54, 1.807) is 0 Å². The molecule has 0 bridgehead atoms. The zero-order valence-electron chi connectivity index (χ0n) is 10.7. The van der Waals surface area contributed by atoms with E-state index in [0.717, 1.165) is 0 Å². The average Bonchev–Trinajstić information content (AvgIpc) is 2.37. The number of carbonyl (C=O) groups excluding carboxylic acids is 2. The number of halogens is 2. The molecule has 0 aliphatic carbocycles. The SMILES string of the molecule is CCOC(=O)C(F)C(=O)OCC.O=C(O)C(F)C(=O)O. The van der Waals surface area contributed by atoms with Crippen LogP contribution in [0.25, 0.3) is 0 Å². The monoisotopic (exact) mass is 300 g/mol. The standard InChI is InChI=1S/C7H11FO4.C3H3FO4/c1-3-11-6(9)5(8)7(10)12-4-2;4-1(2(5)6)3(7)8/h5H,3-4H2,1-2H3;1H,(H,5,6)(H,7,8). The number of hydrogen-bond donors (Lipinski definition) is 2. The van der Waals surface area contributed by atoms with Crippen LogP contribution in [0.4, 0.5) is 8.78 Å². The van der Waals surface area contributed by atoms with Gasteiger partial charge in [0.15, 0.2) is 0 Å². The van der Waals surface area contributed by atoms with Gasteiger partial charge in [-0.25, -0.2) is 28.0 Å². The highest BCUT2D eigenvalue weighted by molar-refractivity contribution is 5.97. The van der Waals surface area contributed by atoms with Crippen molar-refractivity contribution < 1.29 is 47.6 Å². The Bertz CT molecular complexity index is 325. The minimum atomic E-state index is -2.80. The fourth-order valence-corrected chi connectivity index (χ4v) is 0.633. The molecule has 0 radical (unpaired) electrons. The van der Waals surface area contributed by atoms with Crippen LogP contribution in [0.2, 0.25) is 0 Å². The van der Waals surface area contributed by atoms with Gasteiger partial charge in [0.05, 0.1) is 13.2 Å². The molecule has 0 saturated heterocycles. The van der Waals surface area contributed by atoms with E-state index in [1.165, 1.54) is 13.8 Å². The van der Waals surface area contributed by atoms with E-state index in [0.29, 0.717) is 0 Å². The Balaban J connectivity index is 0. The van der Waals surface area contributed by atoms with Gasteiger partial charge in [0.25, 0.3) is 12.3 Å². The smallest absolute Gasteiger partial charge is 0.352 e. The van der Waals surface area contributed by atoms with E-state index in [-0.39, 0.29) is 13.2 Å². The lowest BCUT2D eigenvalue weighted by molar-refractivity contribution is -0.163. The summed E-state index contributed by atoms with van der Waals surface area (Å²) in [6.07, 6.45) is -5.11. The Kier molecular flexibility index (Phi) is 10.7. The van der Waals surface area contributed by atoms with Gasteiger partial charge in [-0.15, -0.1) is 0 Å². The summed E-state index contributed by atoms with van der Waals surface area (Å²) < 4.78 is 32.6. The molecule has 0 fully saturated rings. The number of carboxylic acid groups (broad SMARTS) is 2. The van der Waals surface area contributed by atoms with Crippen molar-refractivity contribution in [3.05, 3.63) is 0 Å². The minimum Gasteiger partial charge on any atom is -0.479 e. The molecule has 0 saturated carbocycles. The maximum absolute atomic E-state index is 12.6. The molecule has 0 aromatic rings. The quantitative estimate of drug-likeness (QED) is 0.516. The molecule has 0 amide bonds. The number of esters is 2. The molecular formula is C10H14F2O8. The second-order valence-corrected chi connectivity index (χ2v) is 2.91. The third-order valence-corrected chi connectivity index (χ3v) is 1.42. The van der Waals surface area contributed by atoms with Crippen LogP contribution in [0.5, 0.6) is 0 Å². The van der Waals surface area contributed by atoms with Crippen molar-refractivity contribution >= 4 is 23.9 Å². The summed E-state index contributed by atoms with van der Waals surface area (Å²) in [6.45, 7) is 3.13. The van der Waals surface area contributed by atoms with Crippen LogP contribution in [-0.4, -0.2) is 59.6 Å². The molecule has 116 valence electrons. The Hall–Kier alpha value is -2.26. The van der Waals surface area contributed by atoms with Gasteiger partial charge in [-0.2, -0.15) is 0 Å². The predicted molar refractivity (Wildman–Crippen MR) is 58.3 cm³/mol. The molecule has 0 aliphatic rings. The summed E-state index contributed by atoms with van der Waals surface area (Å²) in [7, 11) is 0. The number of carbonyl (C=O) groups is 4. The maximum Gasteiger partial charge on any atom is 0.352 e. The second-order valence-electron chi connectivity index (χ2n) is 2.91. The topological polar surface area (TPSA) is 127 Å². The molecule has 0 aliphatic heterocycles. The van der Waals surface area contributed by atoms with Gasteiger partial charge in [-0.1, -0.05) is 0 Å². The van der Waals surface area contributed by atoms with Crippen LogP contribution >= 0.6 is 0 Å². The molecule has 10 heteroatoms. The summed E-state index contributed by atoms with van der Waals surface area (Å²) in [6, 6.07) is 0. The van der Waals surface area contributed by atoms with Crippen LogP contribution in [0, 0.1) is 0 Å². The third-order valence-electron chi connectivity index (χ3n) is 1.42. The second kappa shape index (κ2) is 10.6. The molecule has 0 rings (SSSR count). The summed E-state index contributed by atoms with van der Waals surface area (Å²) >= 11 is 0. The van der Waals surface area contributed by atoms with E-state index in [2.05, 4.69) is 9.47 Å². The molecule has 8 nitrogen and oxygen atoms in total. The zero-order chi connectivity index (χ0) is 16.3. The molecule has 20 heavy (non-hydrogen) atoms. The van der Waals surface area contributed by atoms with Gasteiger partial charge in [0.1, 0.15) is 0 Å². The lowest BCUT2D eigenvalue weighted by Gasteiger charge is -2.05. The maximum atomic E-state index is 12.6. The molecule has 0 aromatic carbocycles. The Morgan fingerprint density at radius 2 is 1.15 bits per heavy atom. The van der Waals surface area contributed by atoms with Crippen molar-refractivity contribution in [1.29, 1.82) is 0 Å². The number of carboxylic acids is 2. The van der Waals surface area contributed by atoms with Crippen LogP contribution in [0.15, 0.2) is 0 Å². The van der Waals surface area contributed by atoms with Crippen molar-refractivity contribution in [1.82, 2.24) is 0 Å². The average molecular weight is 300 g/mol. The van der Waals surface area contributed by atoms with Crippen molar-refractivity contribution in [2.75, 3.05) is 13.2 Å². The van der Waals surface area contributed by atoms with Gasteiger partial charge < -0.3 is 19.7 Å². The minimum absolute atomic E-state index is 0.0403. The highest BCUT2D eigenvalue weighted by Crippen LogP contribution is 1.98. The van der Waals surface area contributed by atoms with Gasteiger partial charge in [0.2, 0.25) is 0 Å². The Morgan fingerprint density at radius 1 is 0.850 bits per heavy atom. The summed E-state index contributed by atoms with van der Waals surface area (Å²) in [4.78, 5) is 39.9. The fourth-order valence-electron chi connectivity index (χ4n) is 0.633. The molecule has 0 spiro atoms. The Labute approximate surface area is 112 Å². The third kappa shape index (κ3) is 8.78. The number of aliphatic carboxylic acids is 2. The van der Waals surface area contributed by atoms with Gasteiger partial charge in [-0.05, 0) is 13.8 Å². The lowest BCUT2D eigenvalue weighted by atomic mass is 10.4. The number of rotatable bonds is 6. The predicted octanol–water partition coefficient (Wildman–Crippen LogP) is -0.0556. The molecule has 0 heterocycles. The number of ether oxygens (including phenoxy) is 2. The zero-order valence-corrected chi connectivity index (χ0v) is 10.7. The van der Waals surface area contributed by atoms with Crippen molar-refractivity contribution in [2.45, 2.75) is 26.2 Å². The first kappa shape index (κ1) is 20.1. The summed E-state index contributed by atoms with van der Waals surface area (Å²) in [5.74, 6) is -6.35. The van der Waals surface area contributed by atoms with Crippen LogP contribution in [-0.2, 0) is 28.7 Å². The first-order valence-corrected chi connectivity index (χ1v) is 5.25. The van der Waals surface area contributed by atoms with Gasteiger partial charge in [0, 0.05) is 0 Å². The van der Waals surface area contributed by atoms with Crippen molar-refractivity contribution in [2.24, 2.45) is 0 Å². The highest BCUT2D eigenvalue weighted by atomic mass is 19.1. The van der Waals surface area contributed by atoms with Crippen molar-refractivity contribution in [3.8, 4) is 0 Å². The first-order chi connectivity index (χ1) is 9.18. The number of hydrogen-bond acceptors (Lipinski definition) is 6. The number of alkyl halides is 2. The van der Waals surface area contributed by atoms with Gasteiger partial charge >= 0.3 is 23.9 Å². The highest BCUT2D eigenvalue weighted by Gasteiger charge is 2.28. The molecule has 0 unspecified atom stereocenters. The van der Waals surface area contributed by atoms with Gasteiger partial charge in [-0.3, -0.25) is 0 Å². The van der Waals surface area contributed by atoms with Crippen LogP contribution in [0.3, 0.4) is 0 Å². The Morgan fingerprint density at radius 3 is 1.30 bits per heavy atom. The normalized spacial score (nSPS) is 9.50. The molecule has 2 N–H and O–H groups in total. The molecule has 0 aromatic heterocycles. The lowest BCUT2D eigenvalue weighted by Crippen LogP contribution is -2.29. The first-order valence-electron chi connectivity index (χ1n) is 5.25. The van der Waals surface area contributed by atoms with Crippen molar-refractivity contribution in [3.63, 3.8) is 0 Å². The summed E-state index contributed by atoms with van der Waals surface area (Å²) in [5.41, 5.74) is 0. The fraction of sp³-hybridized carbons (Fsp3) is 0.600. The van der Waals surface area contributed by atoms with E-state index in [4.69, 9.17) is 10.2 Å². The van der Waals surface area contributed by atoms with Crippen LogP contribution < -0.4 is 0 Å². The summed E-state index contributed by atoms with van der Waals surface area (Å²) in [5, 5.41) is 15.2. The van der Waals surface area contributed by atoms with E-state index in [9.17, 15) is 28.0 Å². The van der Waals surface area contributed by atoms with E-state index in [1.807, 2.05) is 0 Å². The molecular weight excluding hydrogens is 286 g/mol. The van der Waals surface area contributed by atoms with E-state index >= 15 is 0 Å². The van der Waals surface area contributed by atoms with Crippen LogP contribution in [0.1, 0.15) is 13.8 Å². The largest absolute Gasteiger partial charge is 0.479 e.